The fourth-order valence-electron chi connectivity index (χ4n) is 2.00. The fraction of sp³-hybridized carbons (Fsp3) is 0.583. The van der Waals surface area contributed by atoms with E-state index in [9.17, 15) is 9.90 Å². The van der Waals surface area contributed by atoms with Crippen molar-refractivity contribution in [3.63, 3.8) is 0 Å². The molecular weight excluding hydrogens is 238 g/mol. The summed E-state index contributed by atoms with van der Waals surface area (Å²) in [5.74, 6) is -0.0246. The lowest BCUT2D eigenvalue weighted by Gasteiger charge is -2.36. The van der Waals surface area contributed by atoms with E-state index in [0.717, 1.165) is 4.88 Å². The number of carbonyl (C=O) groups excluding carboxylic acids is 1. The lowest BCUT2D eigenvalue weighted by Crippen LogP contribution is -2.54. The van der Waals surface area contributed by atoms with Gasteiger partial charge in [-0.05, 0) is 24.3 Å². The van der Waals surface area contributed by atoms with E-state index in [1.807, 2.05) is 17.5 Å². The molecule has 4 nitrogen and oxygen atoms in total. The Morgan fingerprint density at radius 3 is 2.88 bits per heavy atom. The molecule has 1 saturated heterocycles. The number of nitrogens with one attached hydrogen (secondary N) is 1. The smallest absolute Gasteiger partial charge is 0.225 e. The van der Waals surface area contributed by atoms with Crippen molar-refractivity contribution < 1.29 is 14.6 Å². The van der Waals surface area contributed by atoms with Gasteiger partial charge in [-0.3, -0.25) is 4.79 Å². The summed E-state index contributed by atoms with van der Waals surface area (Å²) in [5, 5.41) is 14.4. The van der Waals surface area contributed by atoms with E-state index in [4.69, 9.17) is 4.74 Å². The molecule has 0 radical (unpaired) electrons. The highest BCUT2D eigenvalue weighted by Gasteiger charge is 2.33. The van der Waals surface area contributed by atoms with Gasteiger partial charge in [0.05, 0.1) is 18.6 Å². The standard InChI is InChI=1S/C12H17NO3S/c14-9-12(3-5-16-6-4-12)13-11(15)8-10-2-1-7-17-10/h1-2,7,14H,3-6,8-9H2,(H,13,15). The average Bonchev–Trinajstić information content (AvgIpc) is 2.83. The molecular formula is C12H17NO3S. The Morgan fingerprint density at radius 2 is 2.29 bits per heavy atom. The van der Waals surface area contributed by atoms with Gasteiger partial charge in [0.15, 0.2) is 0 Å². The maximum Gasteiger partial charge on any atom is 0.225 e. The van der Waals surface area contributed by atoms with E-state index < -0.39 is 5.54 Å². The highest BCUT2D eigenvalue weighted by Crippen LogP contribution is 2.20. The number of amides is 1. The first-order chi connectivity index (χ1) is 8.24. The topological polar surface area (TPSA) is 58.6 Å². The first-order valence-corrected chi connectivity index (χ1v) is 6.64. The normalized spacial score (nSPS) is 18.9. The summed E-state index contributed by atoms with van der Waals surface area (Å²) < 4.78 is 5.25. The van der Waals surface area contributed by atoms with Crippen LogP contribution in [0.15, 0.2) is 17.5 Å². The zero-order chi connectivity index (χ0) is 12.1. The van der Waals surface area contributed by atoms with E-state index in [0.29, 0.717) is 32.5 Å². The van der Waals surface area contributed by atoms with Crippen molar-refractivity contribution in [2.75, 3.05) is 19.8 Å². The number of carbonyl (C=O) groups is 1. The average molecular weight is 255 g/mol. The third kappa shape index (κ3) is 3.28. The summed E-state index contributed by atoms with van der Waals surface area (Å²) in [4.78, 5) is 12.9. The Balaban J connectivity index is 1.91. The molecule has 1 aromatic rings. The van der Waals surface area contributed by atoms with Crippen LogP contribution in [0.4, 0.5) is 0 Å². The summed E-state index contributed by atoms with van der Waals surface area (Å²) >= 11 is 1.57. The first-order valence-electron chi connectivity index (χ1n) is 5.76. The predicted octanol–water partition coefficient (Wildman–Crippen LogP) is 0.948. The second kappa shape index (κ2) is 5.62. The highest BCUT2D eigenvalue weighted by atomic mass is 32.1. The minimum Gasteiger partial charge on any atom is -0.394 e. The molecule has 1 fully saturated rings. The van der Waals surface area contributed by atoms with Crippen molar-refractivity contribution in [1.82, 2.24) is 5.32 Å². The Bertz CT molecular complexity index is 358. The minimum atomic E-state index is -0.480. The molecule has 0 aromatic carbocycles. The molecule has 94 valence electrons. The van der Waals surface area contributed by atoms with Crippen LogP contribution < -0.4 is 5.32 Å². The number of thiophene rings is 1. The molecule has 1 aromatic heterocycles. The number of hydrogen-bond donors (Lipinski definition) is 2. The van der Waals surface area contributed by atoms with Crippen LogP contribution in [0.25, 0.3) is 0 Å². The van der Waals surface area contributed by atoms with E-state index in [1.54, 1.807) is 11.3 Å². The largest absolute Gasteiger partial charge is 0.394 e. The summed E-state index contributed by atoms with van der Waals surface area (Å²) in [6.45, 7) is 1.17. The lowest BCUT2D eigenvalue weighted by molar-refractivity contribution is -0.124. The molecule has 0 bridgehead atoms. The lowest BCUT2D eigenvalue weighted by atomic mass is 9.91. The third-order valence-electron chi connectivity index (χ3n) is 3.07. The van der Waals surface area contributed by atoms with Crippen molar-refractivity contribution >= 4 is 17.2 Å². The van der Waals surface area contributed by atoms with Crippen LogP contribution in [0.5, 0.6) is 0 Å². The molecule has 1 aliphatic rings. The van der Waals surface area contributed by atoms with Crippen LogP contribution in [0.2, 0.25) is 0 Å². The first kappa shape index (κ1) is 12.5. The van der Waals surface area contributed by atoms with Crippen molar-refractivity contribution in [3.05, 3.63) is 22.4 Å². The summed E-state index contributed by atoms with van der Waals surface area (Å²) in [5.41, 5.74) is -0.480. The molecule has 17 heavy (non-hydrogen) atoms. The van der Waals surface area contributed by atoms with Gasteiger partial charge in [0.25, 0.3) is 0 Å². The van der Waals surface area contributed by atoms with Crippen LogP contribution >= 0.6 is 11.3 Å². The van der Waals surface area contributed by atoms with Gasteiger partial charge in [-0.15, -0.1) is 11.3 Å². The van der Waals surface area contributed by atoms with Crippen molar-refractivity contribution in [1.29, 1.82) is 0 Å². The van der Waals surface area contributed by atoms with Crippen LogP contribution in [-0.4, -0.2) is 36.4 Å². The Labute approximate surface area is 105 Å². The number of rotatable bonds is 4. The van der Waals surface area contributed by atoms with Crippen LogP contribution in [0.1, 0.15) is 17.7 Å². The van der Waals surface area contributed by atoms with Crippen LogP contribution in [-0.2, 0) is 16.0 Å². The van der Waals surface area contributed by atoms with Gasteiger partial charge >= 0.3 is 0 Å². The van der Waals surface area contributed by atoms with Gasteiger partial charge in [0, 0.05) is 18.1 Å². The highest BCUT2D eigenvalue weighted by molar-refractivity contribution is 7.10. The predicted molar refractivity (Wildman–Crippen MR) is 66.0 cm³/mol. The minimum absolute atomic E-state index is 0.0213. The van der Waals surface area contributed by atoms with E-state index >= 15 is 0 Å². The second-order valence-corrected chi connectivity index (χ2v) is 5.39. The van der Waals surface area contributed by atoms with Crippen LogP contribution in [0.3, 0.4) is 0 Å². The summed E-state index contributed by atoms with van der Waals surface area (Å²) in [7, 11) is 0. The maximum atomic E-state index is 11.9. The zero-order valence-electron chi connectivity index (χ0n) is 9.65. The monoisotopic (exact) mass is 255 g/mol. The van der Waals surface area contributed by atoms with Gasteiger partial charge in [0.2, 0.25) is 5.91 Å². The van der Waals surface area contributed by atoms with Crippen molar-refractivity contribution in [3.8, 4) is 0 Å². The summed E-state index contributed by atoms with van der Waals surface area (Å²) in [6.07, 6.45) is 1.75. The number of hydrogen-bond acceptors (Lipinski definition) is 4. The summed E-state index contributed by atoms with van der Waals surface area (Å²) in [6, 6.07) is 3.88. The van der Waals surface area contributed by atoms with Crippen molar-refractivity contribution in [2.45, 2.75) is 24.8 Å². The second-order valence-electron chi connectivity index (χ2n) is 4.36. The molecule has 0 unspecified atom stereocenters. The Kier molecular flexibility index (Phi) is 4.15. The SMILES string of the molecule is O=C(Cc1cccs1)NC1(CO)CCOCC1. The molecule has 1 aliphatic heterocycles. The third-order valence-corrected chi connectivity index (χ3v) is 3.95. The molecule has 0 saturated carbocycles. The van der Waals surface area contributed by atoms with Gasteiger partial charge in [-0.2, -0.15) is 0 Å². The molecule has 0 atom stereocenters. The van der Waals surface area contributed by atoms with E-state index in [2.05, 4.69) is 5.32 Å². The van der Waals surface area contributed by atoms with E-state index in [-0.39, 0.29) is 12.5 Å². The quantitative estimate of drug-likeness (QED) is 0.842. The van der Waals surface area contributed by atoms with Gasteiger partial charge in [0.1, 0.15) is 0 Å². The Morgan fingerprint density at radius 1 is 1.53 bits per heavy atom. The molecule has 0 spiro atoms. The molecule has 2 rings (SSSR count). The number of ether oxygens (including phenoxy) is 1. The molecule has 2 heterocycles. The Hall–Kier alpha value is -0.910. The molecule has 0 aliphatic carbocycles. The number of aliphatic hydroxyl groups excluding tert-OH is 1. The molecule has 5 heteroatoms. The molecule has 2 N–H and O–H groups in total. The molecule has 1 amide bonds. The number of aliphatic hydroxyl groups is 1. The maximum absolute atomic E-state index is 11.9. The van der Waals surface area contributed by atoms with Crippen molar-refractivity contribution in [2.24, 2.45) is 0 Å². The fourth-order valence-corrected chi connectivity index (χ4v) is 2.70. The van der Waals surface area contributed by atoms with Gasteiger partial charge in [-0.1, -0.05) is 6.07 Å². The van der Waals surface area contributed by atoms with Gasteiger partial charge < -0.3 is 15.2 Å². The van der Waals surface area contributed by atoms with Gasteiger partial charge in [-0.25, -0.2) is 0 Å². The zero-order valence-corrected chi connectivity index (χ0v) is 10.5. The van der Waals surface area contributed by atoms with E-state index in [1.165, 1.54) is 0 Å². The van der Waals surface area contributed by atoms with Crippen LogP contribution in [0, 0.1) is 0 Å².